The van der Waals surface area contributed by atoms with Crippen LogP contribution in [0.15, 0.2) is 48.7 Å². The van der Waals surface area contributed by atoms with Crippen molar-refractivity contribution >= 4 is 0 Å². The first kappa shape index (κ1) is 8.56. The van der Waals surface area contributed by atoms with Crippen LogP contribution in [0.2, 0.25) is 0 Å². The lowest BCUT2D eigenvalue weighted by molar-refractivity contribution is 0.189. The first-order valence-corrected chi connectivity index (χ1v) is 4.29. The van der Waals surface area contributed by atoms with E-state index < -0.39 is 0 Å². The van der Waals surface area contributed by atoms with Crippen LogP contribution in [0.5, 0.6) is 0 Å². The summed E-state index contributed by atoms with van der Waals surface area (Å²) < 4.78 is 1.02. The largest absolute Gasteiger partial charge is 0.428 e. The lowest BCUT2D eigenvalue weighted by Gasteiger charge is -2.05. The molecule has 1 aromatic heterocycles. The molecule has 1 heterocycles. The number of nitrogens with zero attached hydrogens (tertiary/aromatic N) is 1. The first-order valence-electron chi connectivity index (χ1n) is 4.29. The molecule has 0 unspecified atom stereocenters. The summed E-state index contributed by atoms with van der Waals surface area (Å²) in [6.07, 6.45) is 1.46. The van der Waals surface area contributed by atoms with Crippen molar-refractivity contribution in [2.24, 2.45) is 0 Å². The molecule has 14 heavy (non-hydrogen) atoms. The molecule has 0 aliphatic rings. The maximum Gasteiger partial charge on any atom is 0.0886 e. The van der Waals surface area contributed by atoms with E-state index in [4.69, 9.17) is 5.41 Å². The van der Waals surface area contributed by atoms with Crippen LogP contribution in [-0.4, -0.2) is 9.94 Å². The van der Waals surface area contributed by atoms with Crippen molar-refractivity contribution in [2.45, 2.75) is 0 Å². The van der Waals surface area contributed by atoms with Crippen molar-refractivity contribution in [3.05, 3.63) is 54.0 Å². The van der Waals surface area contributed by atoms with Gasteiger partial charge in [-0.3, -0.25) is 0 Å². The van der Waals surface area contributed by atoms with Crippen LogP contribution >= 0.6 is 0 Å². The third kappa shape index (κ3) is 1.52. The average molecular weight is 186 g/mol. The molecule has 0 amide bonds. The van der Waals surface area contributed by atoms with Gasteiger partial charge in [0.15, 0.2) is 0 Å². The van der Waals surface area contributed by atoms with E-state index in [9.17, 15) is 5.21 Å². The van der Waals surface area contributed by atoms with Crippen LogP contribution in [0.4, 0.5) is 0 Å². The van der Waals surface area contributed by atoms with E-state index in [1.165, 1.54) is 12.3 Å². The number of hydrogen-bond acceptors (Lipinski definition) is 2. The average Bonchev–Trinajstić information content (AvgIpc) is 2.23. The normalized spacial score (nSPS) is 10.0. The molecule has 2 rings (SSSR count). The van der Waals surface area contributed by atoms with Gasteiger partial charge in [0.1, 0.15) is 0 Å². The van der Waals surface area contributed by atoms with Crippen LogP contribution in [0.3, 0.4) is 0 Å². The van der Waals surface area contributed by atoms with Crippen LogP contribution in [0.25, 0.3) is 11.3 Å². The summed E-state index contributed by atoms with van der Waals surface area (Å²) >= 11 is 0. The predicted molar refractivity (Wildman–Crippen MR) is 52.9 cm³/mol. The van der Waals surface area contributed by atoms with Gasteiger partial charge >= 0.3 is 0 Å². The van der Waals surface area contributed by atoms with Crippen LogP contribution in [0, 0.1) is 5.41 Å². The summed E-state index contributed by atoms with van der Waals surface area (Å²) in [4.78, 5) is 0. The summed E-state index contributed by atoms with van der Waals surface area (Å²) in [5.41, 5.74) is 1.52. The summed E-state index contributed by atoms with van der Waals surface area (Å²) in [5.74, 6) is 0. The molecule has 0 aliphatic carbocycles. The number of hydrogen-bond donors (Lipinski definition) is 2. The second kappa shape index (κ2) is 3.38. The van der Waals surface area contributed by atoms with E-state index in [0.717, 1.165) is 10.3 Å². The minimum atomic E-state index is 0.383. The van der Waals surface area contributed by atoms with Crippen molar-refractivity contribution in [2.75, 3.05) is 0 Å². The first-order chi connectivity index (χ1) is 6.77. The van der Waals surface area contributed by atoms with Gasteiger partial charge in [0, 0.05) is 11.8 Å². The number of aromatic nitrogens is 1. The quantitative estimate of drug-likeness (QED) is 0.656. The monoisotopic (exact) mass is 186 g/mol. The van der Waals surface area contributed by atoms with Gasteiger partial charge in [-0.1, -0.05) is 30.3 Å². The highest BCUT2D eigenvalue weighted by molar-refractivity contribution is 5.58. The Bertz CT molecular complexity index is 488. The fourth-order valence-corrected chi connectivity index (χ4v) is 1.32. The van der Waals surface area contributed by atoms with E-state index >= 15 is 0 Å². The predicted octanol–water partition coefficient (Wildman–Crippen LogP) is 1.87. The lowest BCUT2D eigenvalue weighted by Crippen LogP contribution is -2.05. The van der Waals surface area contributed by atoms with Gasteiger partial charge < -0.3 is 10.6 Å². The van der Waals surface area contributed by atoms with E-state index in [0.29, 0.717) is 11.1 Å². The molecular formula is C11H10N2O. The smallest absolute Gasteiger partial charge is 0.0886 e. The third-order valence-electron chi connectivity index (χ3n) is 2.00. The molecule has 0 spiro atoms. The van der Waals surface area contributed by atoms with E-state index in [-0.39, 0.29) is 0 Å². The second-order valence-electron chi connectivity index (χ2n) is 3.01. The van der Waals surface area contributed by atoms with Gasteiger partial charge in [0.05, 0.1) is 11.1 Å². The van der Waals surface area contributed by atoms with Crippen LogP contribution < -0.4 is 5.36 Å². The Labute approximate surface area is 81.4 Å². The van der Waals surface area contributed by atoms with E-state index in [1.807, 2.05) is 30.3 Å². The fraction of sp³-hybridized carbons (Fsp3) is 0. The molecule has 0 saturated heterocycles. The standard InChI is InChI=1S/C11H10N2O/c12-10-6-7-13(14)11(8-10)9-4-2-1-3-5-9/h1-8,12,14H. The molecule has 0 aliphatic heterocycles. The molecule has 2 aromatic rings. The SMILES string of the molecule is N=c1ccn(O)c(-c2ccccc2)c1. The minimum Gasteiger partial charge on any atom is -0.428 e. The molecule has 0 radical (unpaired) electrons. The van der Waals surface area contributed by atoms with Gasteiger partial charge in [-0.05, 0) is 12.1 Å². The number of nitrogens with one attached hydrogen (secondary N) is 1. The van der Waals surface area contributed by atoms with E-state index in [1.54, 1.807) is 6.07 Å². The molecule has 0 fully saturated rings. The molecule has 1 aromatic carbocycles. The second-order valence-corrected chi connectivity index (χ2v) is 3.01. The van der Waals surface area contributed by atoms with Crippen molar-refractivity contribution in [1.82, 2.24) is 4.73 Å². The Hall–Kier alpha value is -2.03. The minimum absolute atomic E-state index is 0.383. The van der Waals surface area contributed by atoms with Crippen molar-refractivity contribution < 1.29 is 5.21 Å². The Balaban J connectivity index is 2.62. The van der Waals surface area contributed by atoms with Gasteiger partial charge in [0.25, 0.3) is 0 Å². The summed E-state index contributed by atoms with van der Waals surface area (Å²) in [5, 5.41) is 17.4. The molecule has 0 bridgehead atoms. The Morgan fingerprint density at radius 1 is 1.07 bits per heavy atom. The maximum atomic E-state index is 9.52. The topological polar surface area (TPSA) is 49.0 Å². The fourth-order valence-electron chi connectivity index (χ4n) is 1.32. The highest BCUT2D eigenvalue weighted by Gasteiger charge is 2.00. The number of benzene rings is 1. The molecule has 70 valence electrons. The highest BCUT2D eigenvalue weighted by Crippen LogP contribution is 2.15. The molecule has 3 nitrogen and oxygen atoms in total. The molecule has 3 heteroatoms. The Kier molecular flexibility index (Phi) is 2.07. The van der Waals surface area contributed by atoms with Crippen LogP contribution in [-0.2, 0) is 0 Å². The van der Waals surface area contributed by atoms with Gasteiger partial charge in [-0.15, -0.1) is 0 Å². The zero-order chi connectivity index (χ0) is 9.97. The summed E-state index contributed by atoms with van der Waals surface area (Å²) in [7, 11) is 0. The molecular weight excluding hydrogens is 176 g/mol. The van der Waals surface area contributed by atoms with Crippen molar-refractivity contribution in [1.29, 1.82) is 5.41 Å². The van der Waals surface area contributed by atoms with Crippen LogP contribution in [0.1, 0.15) is 0 Å². The van der Waals surface area contributed by atoms with Gasteiger partial charge in [0.2, 0.25) is 0 Å². The summed E-state index contributed by atoms with van der Waals surface area (Å²) in [6.45, 7) is 0. The van der Waals surface area contributed by atoms with Gasteiger partial charge in [-0.25, -0.2) is 0 Å². The zero-order valence-electron chi connectivity index (χ0n) is 7.51. The van der Waals surface area contributed by atoms with E-state index in [2.05, 4.69) is 0 Å². The maximum absolute atomic E-state index is 9.52. The Morgan fingerprint density at radius 3 is 2.50 bits per heavy atom. The molecule has 0 saturated carbocycles. The van der Waals surface area contributed by atoms with Gasteiger partial charge in [-0.2, -0.15) is 4.73 Å². The molecule has 2 N–H and O–H groups in total. The summed E-state index contributed by atoms with van der Waals surface area (Å²) in [6, 6.07) is 12.6. The number of rotatable bonds is 1. The molecule has 0 atom stereocenters. The lowest BCUT2D eigenvalue weighted by atomic mass is 10.1. The Morgan fingerprint density at radius 2 is 1.79 bits per heavy atom. The number of pyridine rings is 1. The zero-order valence-corrected chi connectivity index (χ0v) is 7.51. The third-order valence-corrected chi connectivity index (χ3v) is 2.00. The highest BCUT2D eigenvalue weighted by atomic mass is 16.5. The van der Waals surface area contributed by atoms with Crippen molar-refractivity contribution in [3.63, 3.8) is 0 Å². The van der Waals surface area contributed by atoms with Crippen molar-refractivity contribution in [3.8, 4) is 11.3 Å².